The molecule has 6 heterocycles. The molecule has 0 aliphatic heterocycles. The lowest BCUT2D eigenvalue weighted by Gasteiger charge is -2.08. The summed E-state index contributed by atoms with van der Waals surface area (Å²) in [6.45, 7) is 4.01. The van der Waals surface area contributed by atoms with Crippen LogP contribution in [0.2, 0.25) is 0 Å². The van der Waals surface area contributed by atoms with Gasteiger partial charge in [-0.25, -0.2) is 4.98 Å². The standard InChI is InChI=1S/C26H22N8O2/c1-14(2)7-22(35)30-17-8-16(10-27-11-17)20-9-18-21(12-29-20)33-34-24(18)26-31-19-3-5-28-23(25(19)32-26)15-4-6-36-13-15/h3-6,8-14H,7H2,1-2H3,(H,30,35)(H,31,32)(H,33,34). The molecule has 0 aliphatic rings. The normalized spacial score (nSPS) is 11.5. The fourth-order valence-corrected chi connectivity index (χ4v) is 4.14. The van der Waals surface area contributed by atoms with Gasteiger partial charge in [-0.3, -0.25) is 24.8 Å². The second kappa shape index (κ2) is 8.73. The molecule has 0 fully saturated rings. The molecule has 1 amide bonds. The maximum atomic E-state index is 12.2. The average molecular weight is 479 g/mol. The summed E-state index contributed by atoms with van der Waals surface area (Å²) in [6.07, 6.45) is 10.5. The third-order valence-electron chi connectivity index (χ3n) is 5.78. The van der Waals surface area contributed by atoms with Crippen molar-refractivity contribution in [1.82, 2.24) is 35.1 Å². The van der Waals surface area contributed by atoms with Gasteiger partial charge in [-0.05, 0) is 30.2 Å². The molecule has 0 bridgehead atoms. The van der Waals surface area contributed by atoms with Gasteiger partial charge in [0, 0.05) is 35.3 Å². The molecule has 0 atom stereocenters. The van der Waals surface area contributed by atoms with Gasteiger partial charge >= 0.3 is 0 Å². The van der Waals surface area contributed by atoms with E-state index in [0.29, 0.717) is 29.3 Å². The second-order valence-corrected chi connectivity index (χ2v) is 8.95. The number of amides is 1. The molecule has 6 rings (SSSR count). The van der Waals surface area contributed by atoms with Crippen LogP contribution >= 0.6 is 0 Å². The van der Waals surface area contributed by atoms with E-state index in [1.54, 1.807) is 37.3 Å². The van der Waals surface area contributed by atoms with E-state index in [4.69, 9.17) is 9.40 Å². The van der Waals surface area contributed by atoms with Crippen molar-refractivity contribution in [3.05, 3.63) is 61.6 Å². The number of aromatic nitrogens is 7. The van der Waals surface area contributed by atoms with E-state index < -0.39 is 0 Å². The minimum atomic E-state index is -0.0429. The highest BCUT2D eigenvalue weighted by atomic mass is 16.3. The van der Waals surface area contributed by atoms with Crippen LogP contribution in [0.5, 0.6) is 0 Å². The highest BCUT2D eigenvalue weighted by Gasteiger charge is 2.17. The summed E-state index contributed by atoms with van der Waals surface area (Å²) in [6, 6.07) is 7.53. The molecule has 0 aromatic carbocycles. The van der Waals surface area contributed by atoms with Crippen molar-refractivity contribution in [2.24, 2.45) is 5.92 Å². The number of fused-ring (bicyclic) bond motifs is 2. The van der Waals surface area contributed by atoms with E-state index in [2.05, 4.69) is 35.5 Å². The topological polar surface area (TPSA) is 138 Å². The van der Waals surface area contributed by atoms with Crippen LogP contribution in [0.3, 0.4) is 0 Å². The van der Waals surface area contributed by atoms with E-state index >= 15 is 0 Å². The molecular formula is C26H22N8O2. The highest BCUT2D eigenvalue weighted by Crippen LogP contribution is 2.32. The van der Waals surface area contributed by atoms with Crippen molar-refractivity contribution in [2.45, 2.75) is 20.3 Å². The van der Waals surface area contributed by atoms with Crippen LogP contribution in [-0.2, 0) is 4.79 Å². The molecule has 6 aromatic heterocycles. The van der Waals surface area contributed by atoms with Crippen LogP contribution in [0.4, 0.5) is 5.69 Å². The third-order valence-corrected chi connectivity index (χ3v) is 5.78. The van der Waals surface area contributed by atoms with E-state index in [0.717, 1.165) is 38.8 Å². The Labute approximate surface area is 205 Å². The Morgan fingerprint density at radius 1 is 1.06 bits per heavy atom. The Morgan fingerprint density at radius 2 is 1.97 bits per heavy atom. The van der Waals surface area contributed by atoms with Crippen LogP contribution in [0.1, 0.15) is 20.3 Å². The number of rotatable bonds is 6. The number of nitrogens with zero attached hydrogens (tertiary/aromatic N) is 5. The maximum Gasteiger partial charge on any atom is 0.224 e. The molecule has 0 unspecified atom stereocenters. The minimum absolute atomic E-state index is 0.0429. The summed E-state index contributed by atoms with van der Waals surface area (Å²) in [5.74, 6) is 0.840. The number of hydrogen-bond donors (Lipinski definition) is 3. The number of hydrogen-bond acceptors (Lipinski definition) is 7. The van der Waals surface area contributed by atoms with E-state index in [1.807, 2.05) is 38.1 Å². The quantitative estimate of drug-likeness (QED) is 0.299. The molecule has 0 aliphatic carbocycles. The maximum absolute atomic E-state index is 12.2. The molecule has 178 valence electrons. The third kappa shape index (κ3) is 3.98. The minimum Gasteiger partial charge on any atom is -0.472 e. The first-order valence-electron chi connectivity index (χ1n) is 11.5. The number of pyridine rings is 3. The summed E-state index contributed by atoms with van der Waals surface area (Å²) in [5.41, 5.74) is 6.71. The second-order valence-electron chi connectivity index (χ2n) is 8.95. The largest absolute Gasteiger partial charge is 0.472 e. The number of aromatic amines is 2. The molecule has 0 spiro atoms. The lowest BCUT2D eigenvalue weighted by atomic mass is 10.1. The highest BCUT2D eigenvalue weighted by molar-refractivity contribution is 5.97. The van der Waals surface area contributed by atoms with Crippen LogP contribution in [0.15, 0.2) is 66.0 Å². The fraction of sp³-hybridized carbons (Fsp3) is 0.154. The molecule has 10 nitrogen and oxygen atoms in total. The van der Waals surface area contributed by atoms with Gasteiger partial charge in [0.05, 0.1) is 47.3 Å². The number of nitrogens with one attached hydrogen (secondary N) is 3. The van der Waals surface area contributed by atoms with Gasteiger partial charge in [-0.2, -0.15) is 5.10 Å². The van der Waals surface area contributed by atoms with E-state index in [9.17, 15) is 4.79 Å². The first-order chi connectivity index (χ1) is 17.5. The Morgan fingerprint density at radius 3 is 2.81 bits per heavy atom. The number of carbonyl (C=O) groups is 1. The van der Waals surface area contributed by atoms with Crippen LogP contribution in [-0.4, -0.2) is 41.0 Å². The molecule has 10 heteroatoms. The van der Waals surface area contributed by atoms with Crippen molar-refractivity contribution in [1.29, 1.82) is 0 Å². The molecule has 0 radical (unpaired) electrons. The Kier molecular flexibility index (Phi) is 5.25. The Bertz CT molecular complexity index is 1700. The average Bonchev–Trinajstić information content (AvgIpc) is 3.62. The van der Waals surface area contributed by atoms with Crippen LogP contribution in [0, 0.1) is 5.92 Å². The fourth-order valence-electron chi connectivity index (χ4n) is 4.14. The number of furan rings is 1. The summed E-state index contributed by atoms with van der Waals surface area (Å²) in [7, 11) is 0. The smallest absolute Gasteiger partial charge is 0.224 e. The molecule has 3 N–H and O–H groups in total. The van der Waals surface area contributed by atoms with Crippen molar-refractivity contribution < 1.29 is 9.21 Å². The summed E-state index contributed by atoms with van der Waals surface area (Å²) < 4.78 is 5.23. The first kappa shape index (κ1) is 21.7. The lowest BCUT2D eigenvalue weighted by molar-refractivity contribution is -0.116. The van der Waals surface area contributed by atoms with Gasteiger partial charge in [0.15, 0.2) is 5.82 Å². The van der Waals surface area contributed by atoms with Crippen molar-refractivity contribution in [2.75, 3.05) is 5.32 Å². The van der Waals surface area contributed by atoms with E-state index in [-0.39, 0.29) is 11.8 Å². The number of anilines is 1. The molecule has 6 aromatic rings. The number of carbonyl (C=O) groups excluding carboxylic acids is 1. The van der Waals surface area contributed by atoms with Crippen molar-refractivity contribution in [3.63, 3.8) is 0 Å². The molecule has 0 saturated heterocycles. The van der Waals surface area contributed by atoms with Crippen molar-refractivity contribution >= 4 is 33.5 Å². The van der Waals surface area contributed by atoms with Crippen LogP contribution < -0.4 is 5.32 Å². The number of H-pyrrole nitrogens is 2. The van der Waals surface area contributed by atoms with Gasteiger partial charge in [0.1, 0.15) is 16.9 Å². The Balaban J connectivity index is 1.38. The first-order valence-corrected chi connectivity index (χ1v) is 11.5. The SMILES string of the molecule is CC(C)CC(=O)Nc1cncc(-c2cc3c(-c4nc5c(-c6ccoc6)nccc5[nH]4)n[nH]c3cn2)c1. The molecule has 0 saturated carbocycles. The Hall–Kier alpha value is -4.86. The predicted octanol–water partition coefficient (Wildman–Crippen LogP) is 5.20. The van der Waals surface area contributed by atoms with Gasteiger partial charge < -0.3 is 14.7 Å². The number of imidazole rings is 1. The molecular weight excluding hydrogens is 456 g/mol. The predicted molar refractivity (Wildman–Crippen MR) is 136 cm³/mol. The van der Waals surface area contributed by atoms with Gasteiger partial charge in [0.2, 0.25) is 5.91 Å². The lowest BCUT2D eigenvalue weighted by Crippen LogP contribution is -2.13. The summed E-state index contributed by atoms with van der Waals surface area (Å²) >= 11 is 0. The summed E-state index contributed by atoms with van der Waals surface area (Å²) in [4.78, 5) is 33.7. The van der Waals surface area contributed by atoms with Gasteiger partial charge in [0.25, 0.3) is 0 Å². The zero-order valence-electron chi connectivity index (χ0n) is 19.6. The van der Waals surface area contributed by atoms with Crippen molar-refractivity contribution in [3.8, 4) is 34.0 Å². The molecule has 36 heavy (non-hydrogen) atoms. The zero-order valence-corrected chi connectivity index (χ0v) is 19.6. The van der Waals surface area contributed by atoms with Gasteiger partial charge in [-0.1, -0.05) is 13.8 Å². The monoisotopic (exact) mass is 478 g/mol. The summed E-state index contributed by atoms with van der Waals surface area (Å²) in [5, 5.41) is 11.3. The van der Waals surface area contributed by atoms with Gasteiger partial charge in [-0.15, -0.1) is 0 Å². The zero-order chi connectivity index (χ0) is 24.6. The van der Waals surface area contributed by atoms with E-state index in [1.165, 1.54) is 0 Å². The van der Waals surface area contributed by atoms with Crippen LogP contribution in [0.25, 0.3) is 56.0 Å².